The van der Waals surface area contributed by atoms with E-state index in [4.69, 9.17) is 42.5 Å². The lowest BCUT2D eigenvalue weighted by atomic mass is 9.96. The van der Waals surface area contributed by atoms with Gasteiger partial charge in [0, 0.05) is 66.1 Å². The van der Waals surface area contributed by atoms with Gasteiger partial charge < -0.3 is 24.6 Å². The number of hydrogen-bond donors (Lipinski definition) is 3. The van der Waals surface area contributed by atoms with Gasteiger partial charge >= 0.3 is 0 Å². The van der Waals surface area contributed by atoms with Gasteiger partial charge in [0.2, 0.25) is 0 Å². The predicted octanol–water partition coefficient (Wildman–Crippen LogP) is 8.58. The number of piperidine rings is 1. The third kappa shape index (κ3) is 10.1. The smallest absolute Gasteiger partial charge is 0.142 e. The Kier molecular flexibility index (Phi) is 14.2. The minimum absolute atomic E-state index is 0.183. The Labute approximate surface area is 327 Å². The second kappa shape index (κ2) is 19.6. The molecule has 3 heterocycles. The van der Waals surface area contributed by atoms with Crippen LogP contribution in [0.2, 0.25) is 10.0 Å². The number of aliphatic hydroxyl groups excluding tert-OH is 1. The largest absolute Gasteiger partial charge is 0.492 e. The highest BCUT2D eigenvalue weighted by Crippen LogP contribution is 2.40. The molecule has 1 aliphatic heterocycles. The number of hydrogen-bond acceptors (Lipinski definition) is 9. The zero-order valence-electron chi connectivity index (χ0n) is 30.5. The lowest BCUT2D eigenvalue weighted by Crippen LogP contribution is -2.32. The van der Waals surface area contributed by atoms with Crippen molar-refractivity contribution in [3.05, 3.63) is 123 Å². The Morgan fingerprint density at radius 3 is 2.59 bits per heavy atom. The van der Waals surface area contributed by atoms with Gasteiger partial charge in [-0.1, -0.05) is 60.0 Å². The molecule has 5 aromatic rings. The van der Waals surface area contributed by atoms with Crippen molar-refractivity contribution >= 4 is 23.2 Å². The quantitative estimate of drug-likeness (QED) is 0.0751. The van der Waals surface area contributed by atoms with Crippen LogP contribution in [0.15, 0.2) is 79.4 Å². The molecule has 0 aliphatic carbocycles. The van der Waals surface area contributed by atoms with E-state index in [0.29, 0.717) is 46.0 Å². The van der Waals surface area contributed by atoms with Gasteiger partial charge in [0.15, 0.2) is 0 Å². The van der Waals surface area contributed by atoms with Crippen LogP contribution in [0.1, 0.15) is 71.5 Å². The molecule has 12 heteroatoms. The first kappa shape index (κ1) is 39.1. The number of nitrogens with one attached hydrogen (secondary N) is 2. The first-order valence-corrected chi connectivity index (χ1v) is 19.2. The fourth-order valence-corrected chi connectivity index (χ4v) is 7.30. The molecule has 2 aromatic heterocycles. The minimum atomic E-state index is 0.183. The molecule has 1 aliphatic rings. The van der Waals surface area contributed by atoms with Gasteiger partial charge in [0.1, 0.15) is 36.5 Å². The standard InChI is InChI=1S/C42H46Cl2N6O4/c1-29-32(8-4-9-35(29)36-10-5-12-39(42(36)44)52-17-7-14-46-13-6-16-51)28-54-41-20-40(53-27-31-18-30(21-45)22-47-23-31)33(19-37(41)43)26-50-15-3-2-11-38(50)34-24-48-49-25-34/h4-5,8-10,12,18-20,22-25,38,46,51H,2-3,6-7,11,13-17,26-28H2,1H3,(H,48,49). The number of ether oxygens (including phenoxy) is 3. The maximum atomic E-state index is 9.40. The molecule has 0 bridgehead atoms. The van der Waals surface area contributed by atoms with E-state index in [-0.39, 0.29) is 25.9 Å². The molecule has 1 atom stereocenters. The van der Waals surface area contributed by atoms with Gasteiger partial charge in [-0.05, 0) is 87.1 Å². The average Bonchev–Trinajstić information content (AvgIpc) is 3.73. The highest BCUT2D eigenvalue weighted by Gasteiger charge is 2.26. The second-order valence-corrected chi connectivity index (χ2v) is 14.2. The van der Waals surface area contributed by atoms with Crippen molar-refractivity contribution in [2.75, 3.05) is 32.8 Å². The summed E-state index contributed by atoms with van der Waals surface area (Å²) in [5.74, 6) is 1.80. The summed E-state index contributed by atoms with van der Waals surface area (Å²) < 4.78 is 18.9. The van der Waals surface area contributed by atoms with E-state index in [1.165, 1.54) is 11.8 Å². The van der Waals surface area contributed by atoms with Crippen molar-refractivity contribution in [3.8, 4) is 34.4 Å². The van der Waals surface area contributed by atoms with Crippen molar-refractivity contribution in [1.29, 1.82) is 5.26 Å². The first-order valence-electron chi connectivity index (χ1n) is 18.4. The average molecular weight is 770 g/mol. The van der Waals surface area contributed by atoms with Crippen LogP contribution in [0, 0.1) is 18.3 Å². The van der Waals surface area contributed by atoms with E-state index in [1.807, 2.05) is 54.9 Å². The zero-order valence-corrected chi connectivity index (χ0v) is 32.0. The molecule has 1 fully saturated rings. The minimum Gasteiger partial charge on any atom is -0.492 e. The third-order valence-electron chi connectivity index (χ3n) is 9.67. The van der Waals surface area contributed by atoms with Crippen molar-refractivity contribution < 1.29 is 19.3 Å². The number of halogens is 2. The Hall–Kier alpha value is -4.63. The van der Waals surface area contributed by atoms with E-state index in [1.54, 1.807) is 12.3 Å². The van der Waals surface area contributed by atoms with Gasteiger partial charge in [-0.2, -0.15) is 10.4 Å². The van der Waals surface area contributed by atoms with Crippen molar-refractivity contribution in [3.63, 3.8) is 0 Å². The first-order chi connectivity index (χ1) is 26.4. The molecule has 54 heavy (non-hydrogen) atoms. The molecule has 3 aromatic carbocycles. The Bertz CT molecular complexity index is 2020. The molecule has 0 saturated carbocycles. The van der Waals surface area contributed by atoms with Crippen LogP contribution in [0.3, 0.4) is 0 Å². The number of H-pyrrole nitrogens is 1. The van der Waals surface area contributed by atoms with Crippen LogP contribution in [0.25, 0.3) is 11.1 Å². The fraction of sp³-hybridized carbons (Fsp3) is 0.357. The third-order valence-corrected chi connectivity index (χ3v) is 10.4. The van der Waals surface area contributed by atoms with Gasteiger partial charge in [-0.15, -0.1) is 0 Å². The Morgan fingerprint density at radius 1 is 0.926 bits per heavy atom. The number of aromatic amines is 1. The highest BCUT2D eigenvalue weighted by atomic mass is 35.5. The predicted molar refractivity (Wildman–Crippen MR) is 211 cm³/mol. The topological polar surface area (TPSA) is 129 Å². The van der Waals surface area contributed by atoms with Crippen LogP contribution in [0.4, 0.5) is 0 Å². The Balaban J connectivity index is 1.20. The molecule has 0 amide bonds. The lowest BCUT2D eigenvalue weighted by Gasteiger charge is -2.35. The fourth-order valence-electron chi connectivity index (χ4n) is 6.78. The van der Waals surface area contributed by atoms with Gasteiger partial charge in [0.05, 0.1) is 28.4 Å². The number of aliphatic hydroxyl groups is 1. The molecule has 0 radical (unpaired) electrons. The molecule has 282 valence electrons. The number of nitrogens with zero attached hydrogens (tertiary/aromatic N) is 4. The van der Waals surface area contributed by atoms with Gasteiger partial charge in [-0.3, -0.25) is 15.0 Å². The van der Waals surface area contributed by atoms with Gasteiger partial charge in [-0.25, -0.2) is 0 Å². The van der Waals surface area contributed by atoms with Crippen molar-refractivity contribution in [2.45, 2.75) is 64.8 Å². The molecular weight excluding hydrogens is 723 g/mol. The van der Waals surface area contributed by atoms with Crippen LogP contribution in [-0.4, -0.2) is 58.0 Å². The van der Waals surface area contributed by atoms with Crippen LogP contribution >= 0.6 is 23.2 Å². The zero-order chi connectivity index (χ0) is 37.7. The van der Waals surface area contributed by atoms with Crippen molar-refractivity contribution in [1.82, 2.24) is 25.4 Å². The summed E-state index contributed by atoms with van der Waals surface area (Å²) in [4.78, 5) is 6.65. The number of rotatable bonds is 18. The molecule has 6 rings (SSSR count). The molecule has 0 spiro atoms. The molecule has 1 unspecified atom stereocenters. The van der Waals surface area contributed by atoms with E-state index in [0.717, 1.165) is 85.1 Å². The molecular formula is C42H46Cl2N6O4. The summed E-state index contributed by atoms with van der Waals surface area (Å²) in [5.41, 5.74) is 7.28. The molecule has 10 nitrogen and oxygen atoms in total. The summed E-state index contributed by atoms with van der Waals surface area (Å²) in [6.07, 6.45) is 12.0. The summed E-state index contributed by atoms with van der Waals surface area (Å²) in [5, 5.41) is 29.9. The van der Waals surface area contributed by atoms with Crippen molar-refractivity contribution in [2.24, 2.45) is 0 Å². The van der Waals surface area contributed by atoms with Crippen LogP contribution in [-0.2, 0) is 19.8 Å². The number of aromatic nitrogens is 3. The highest BCUT2D eigenvalue weighted by molar-refractivity contribution is 6.35. The van der Waals surface area contributed by atoms with E-state index in [9.17, 15) is 5.26 Å². The second-order valence-electron chi connectivity index (χ2n) is 13.4. The summed E-state index contributed by atoms with van der Waals surface area (Å²) in [6.45, 7) is 6.44. The maximum Gasteiger partial charge on any atom is 0.142 e. The number of nitriles is 1. The maximum absolute atomic E-state index is 9.40. The summed E-state index contributed by atoms with van der Waals surface area (Å²) in [6, 6.07) is 19.9. The van der Waals surface area contributed by atoms with Crippen LogP contribution < -0.4 is 19.5 Å². The van der Waals surface area contributed by atoms with Gasteiger partial charge in [0.25, 0.3) is 0 Å². The van der Waals surface area contributed by atoms with E-state index in [2.05, 4.69) is 44.5 Å². The number of likely N-dealkylation sites (tertiary alicyclic amines) is 1. The summed E-state index contributed by atoms with van der Waals surface area (Å²) >= 11 is 13.9. The SMILES string of the molecule is Cc1c(COc2cc(OCc3cncc(C#N)c3)c(CN3CCCCC3c3cn[nH]c3)cc2Cl)cccc1-c1cccc(OCCCNCCCO)c1Cl. The number of pyridine rings is 1. The molecule has 3 N–H and O–H groups in total. The van der Waals surface area contributed by atoms with E-state index < -0.39 is 0 Å². The molecule has 1 saturated heterocycles. The summed E-state index contributed by atoms with van der Waals surface area (Å²) in [7, 11) is 0. The van der Waals surface area contributed by atoms with E-state index >= 15 is 0 Å². The number of benzene rings is 3. The van der Waals surface area contributed by atoms with Crippen LogP contribution in [0.5, 0.6) is 17.2 Å². The normalized spacial score (nSPS) is 14.5. The Morgan fingerprint density at radius 2 is 1.76 bits per heavy atom. The lowest BCUT2D eigenvalue weighted by molar-refractivity contribution is 0.138. The monoisotopic (exact) mass is 768 g/mol.